The lowest BCUT2D eigenvalue weighted by molar-refractivity contribution is -0.274. The number of alkyl halides is 3. The third kappa shape index (κ3) is 5.75. The van der Waals surface area contributed by atoms with E-state index in [1.807, 2.05) is 6.07 Å². The molecule has 226 valence electrons. The Kier molecular flexibility index (Phi) is 7.18. The van der Waals surface area contributed by atoms with Gasteiger partial charge in [0.1, 0.15) is 17.2 Å². The van der Waals surface area contributed by atoms with Crippen molar-refractivity contribution in [2.45, 2.75) is 74.5 Å². The highest BCUT2D eigenvalue weighted by Crippen LogP contribution is 2.47. The first-order chi connectivity index (χ1) is 20.7. The lowest BCUT2D eigenvalue weighted by Gasteiger charge is -2.35. The van der Waals surface area contributed by atoms with E-state index in [1.54, 1.807) is 36.7 Å². The Bertz CT molecular complexity index is 1740. The van der Waals surface area contributed by atoms with Crippen LogP contribution in [0.4, 0.5) is 13.2 Å². The second-order valence-electron chi connectivity index (χ2n) is 11.7. The molecule has 0 aliphatic heterocycles. The summed E-state index contributed by atoms with van der Waals surface area (Å²) in [5.41, 5.74) is 1.12. The molecule has 0 amide bonds. The molecule has 0 saturated heterocycles. The first kappa shape index (κ1) is 28.3. The SMILES string of the molecule is O=S(=O)(NC1C2CCC1CC(OCc1c(-c3ccccc3OC(F)(F)F)noc1C1CC1)C2)c1cccc2cnccc12. The molecule has 2 aromatic heterocycles. The number of rotatable bonds is 9. The molecule has 2 bridgehead atoms. The largest absolute Gasteiger partial charge is 0.573 e. The molecular weight excluding hydrogens is 583 g/mol. The van der Waals surface area contributed by atoms with Crippen molar-refractivity contribution in [3.05, 3.63) is 72.2 Å². The molecule has 7 rings (SSSR count). The van der Waals surface area contributed by atoms with Crippen LogP contribution >= 0.6 is 0 Å². The molecule has 0 radical (unpaired) electrons. The van der Waals surface area contributed by atoms with Gasteiger partial charge in [-0.25, -0.2) is 13.1 Å². The lowest BCUT2D eigenvalue weighted by atomic mass is 9.83. The highest BCUT2D eigenvalue weighted by Gasteiger charge is 2.45. The Labute approximate surface area is 246 Å². The molecule has 2 unspecified atom stereocenters. The summed E-state index contributed by atoms with van der Waals surface area (Å²) in [6.07, 6.45) is 3.25. The van der Waals surface area contributed by atoms with Crippen molar-refractivity contribution >= 4 is 20.8 Å². The van der Waals surface area contributed by atoms with Gasteiger partial charge in [0.2, 0.25) is 10.0 Å². The van der Waals surface area contributed by atoms with E-state index in [1.165, 1.54) is 18.2 Å². The van der Waals surface area contributed by atoms with Crippen molar-refractivity contribution in [2.24, 2.45) is 11.8 Å². The van der Waals surface area contributed by atoms with Gasteiger partial charge < -0.3 is 14.0 Å². The zero-order valence-electron chi connectivity index (χ0n) is 23.1. The van der Waals surface area contributed by atoms with Gasteiger partial charge in [-0.05, 0) is 74.6 Å². The minimum atomic E-state index is -4.85. The average molecular weight is 614 g/mol. The van der Waals surface area contributed by atoms with Crippen LogP contribution in [0.25, 0.3) is 22.0 Å². The summed E-state index contributed by atoms with van der Waals surface area (Å²) in [7, 11) is -3.77. The van der Waals surface area contributed by atoms with Gasteiger partial charge in [0, 0.05) is 46.3 Å². The molecule has 2 aromatic carbocycles. The minimum Gasteiger partial charge on any atom is -0.405 e. The third-order valence-electron chi connectivity index (χ3n) is 8.87. The van der Waals surface area contributed by atoms with Gasteiger partial charge in [0.05, 0.1) is 17.6 Å². The van der Waals surface area contributed by atoms with Gasteiger partial charge in [-0.15, -0.1) is 13.2 Å². The summed E-state index contributed by atoms with van der Waals surface area (Å²) in [5.74, 6) is 0.690. The van der Waals surface area contributed by atoms with Crippen molar-refractivity contribution in [3.8, 4) is 17.0 Å². The molecule has 3 fully saturated rings. The van der Waals surface area contributed by atoms with Crippen molar-refractivity contribution in [1.29, 1.82) is 0 Å². The van der Waals surface area contributed by atoms with Crippen molar-refractivity contribution < 1.29 is 35.6 Å². The molecule has 3 aliphatic rings. The molecule has 3 saturated carbocycles. The summed E-state index contributed by atoms with van der Waals surface area (Å²) in [6.45, 7) is 0.134. The van der Waals surface area contributed by atoms with E-state index in [-0.39, 0.29) is 58.4 Å². The molecule has 1 N–H and O–H groups in total. The van der Waals surface area contributed by atoms with E-state index in [0.717, 1.165) is 31.1 Å². The van der Waals surface area contributed by atoms with Crippen molar-refractivity contribution in [2.75, 3.05) is 0 Å². The van der Waals surface area contributed by atoms with Gasteiger partial charge in [-0.3, -0.25) is 4.98 Å². The molecular formula is C31H30F3N3O5S. The van der Waals surface area contributed by atoms with Crippen LogP contribution in [0, 0.1) is 11.8 Å². The van der Waals surface area contributed by atoms with Gasteiger partial charge in [-0.1, -0.05) is 29.4 Å². The monoisotopic (exact) mass is 613 g/mol. The van der Waals surface area contributed by atoms with Gasteiger partial charge in [-0.2, -0.15) is 0 Å². The summed E-state index contributed by atoms with van der Waals surface area (Å²) < 4.78 is 85.8. The van der Waals surface area contributed by atoms with Crippen LogP contribution in [0.15, 0.2) is 70.3 Å². The number of aromatic nitrogens is 2. The van der Waals surface area contributed by atoms with E-state index in [0.29, 0.717) is 29.6 Å². The Hall–Kier alpha value is -3.48. The smallest absolute Gasteiger partial charge is 0.405 e. The first-order valence-electron chi connectivity index (χ1n) is 14.5. The maximum absolute atomic E-state index is 13.5. The van der Waals surface area contributed by atoms with E-state index < -0.39 is 16.4 Å². The summed E-state index contributed by atoms with van der Waals surface area (Å²) >= 11 is 0. The molecule has 43 heavy (non-hydrogen) atoms. The predicted molar refractivity (Wildman–Crippen MR) is 150 cm³/mol. The number of halogens is 3. The number of hydrogen-bond donors (Lipinski definition) is 1. The number of benzene rings is 2. The van der Waals surface area contributed by atoms with Gasteiger partial charge >= 0.3 is 6.36 Å². The maximum Gasteiger partial charge on any atom is 0.573 e. The fourth-order valence-corrected chi connectivity index (χ4v) is 8.39. The van der Waals surface area contributed by atoms with Crippen LogP contribution < -0.4 is 9.46 Å². The first-order valence-corrected chi connectivity index (χ1v) is 15.9. The van der Waals surface area contributed by atoms with Crippen LogP contribution in [0.1, 0.15) is 55.8 Å². The van der Waals surface area contributed by atoms with E-state index in [4.69, 9.17) is 9.26 Å². The highest BCUT2D eigenvalue weighted by atomic mass is 32.2. The second-order valence-corrected chi connectivity index (χ2v) is 13.4. The highest BCUT2D eigenvalue weighted by molar-refractivity contribution is 7.89. The summed E-state index contributed by atoms with van der Waals surface area (Å²) in [4.78, 5) is 4.34. The zero-order chi connectivity index (χ0) is 29.8. The average Bonchev–Trinajstić information content (AvgIpc) is 3.69. The number of fused-ring (bicyclic) bond motifs is 3. The molecule has 12 heteroatoms. The predicted octanol–water partition coefficient (Wildman–Crippen LogP) is 6.72. The van der Waals surface area contributed by atoms with Crippen molar-refractivity contribution in [3.63, 3.8) is 0 Å². The number of nitrogens with one attached hydrogen (secondary N) is 1. The van der Waals surface area contributed by atoms with E-state index in [9.17, 15) is 21.6 Å². The van der Waals surface area contributed by atoms with Gasteiger partial charge in [0.15, 0.2) is 0 Å². The normalized spacial score (nSPS) is 24.0. The van der Waals surface area contributed by atoms with Crippen LogP contribution in [0.5, 0.6) is 5.75 Å². The summed E-state index contributed by atoms with van der Waals surface area (Å²) in [5, 5.41) is 5.56. The molecule has 2 heterocycles. The number of pyridine rings is 1. The third-order valence-corrected chi connectivity index (χ3v) is 10.4. The molecule has 3 aliphatic carbocycles. The lowest BCUT2D eigenvalue weighted by Crippen LogP contribution is -2.46. The Balaban J connectivity index is 1.07. The molecule has 8 nitrogen and oxygen atoms in total. The Morgan fingerprint density at radius 1 is 0.977 bits per heavy atom. The zero-order valence-corrected chi connectivity index (χ0v) is 23.9. The fourth-order valence-electron chi connectivity index (χ4n) is 6.79. The Morgan fingerprint density at radius 2 is 1.74 bits per heavy atom. The number of ether oxygens (including phenoxy) is 2. The van der Waals surface area contributed by atoms with Crippen molar-refractivity contribution in [1.82, 2.24) is 14.9 Å². The van der Waals surface area contributed by atoms with E-state index >= 15 is 0 Å². The number of sulfonamides is 1. The Morgan fingerprint density at radius 3 is 2.49 bits per heavy atom. The number of nitrogens with zero attached hydrogens (tertiary/aromatic N) is 2. The quantitative estimate of drug-likeness (QED) is 0.224. The topological polar surface area (TPSA) is 104 Å². The molecule has 0 spiro atoms. The van der Waals surface area contributed by atoms with Crippen LogP contribution in [-0.4, -0.2) is 37.1 Å². The number of para-hydroxylation sites is 1. The molecule has 2 atom stereocenters. The number of hydrogen-bond acceptors (Lipinski definition) is 7. The van der Waals surface area contributed by atoms with Crippen LogP contribution in [0.2, 0.25) is 0 Å². The van der Waals surface area contributed by atoms with Crippen LogP contribution in [0.3, 0.4) is 0 Å². The van der Waals surface area contributed by atoms with Gasteiger partial charge in [0.25, 0.3) is 0 Å². The summed E-state index contributed by atoms with van der Waals surface area (Å²) in [6, 6.07) is 12.6. The second kappa shape index (κ2) is 10.9. The minimum absolute atomic E-state index is 0.112. The maximum atomic E-state index is 13.5. The van der Waals surface area contributed by atoms with Crippen LogP contribution in [-0.2, 0) is 21.4 Å². The van der Waals surface area contributed by atoms with E-state index in [2.05, 4.69) is 19.6 Å². The standard InChI is InChI=1S/C31H30F3N3O5S/c32-31(33,34)41-26-6-2-1-5-24(26)29-25(30(42-36-29)18-8-9-18)17-40-22-14-19-10-11-20(15-22)28(19)37-43(38,39)27-7-3-4-21-16-35-13-12-23(21)27/h1-7,12-13,16,18-20,22,28,37H,8-11,14-15,17H2. The fraction of sp³-hybridized carbons (Fsp3) is 0.419. The molecule has 4 aromatic rings.